The Morgan fingerprint density at radius 1 is 1.13 bits per heavy atom. The van der Waals surface area contributed by atoms with Crippen molar-refractivity contribution in [1.82, 2.24) is 4.98 Å². The van der Waals surface area contributed by atoms with E-state index in [0.29, 0.717) is 10.7 Å². The van der Waals surface area contributed by atoms with Gasteiger partial charge in [0.15, 0.2) is 0 Å². The molecule has 0 aliphatic rings. The molecule has 0 bridgehead atoms. The average Bonchev–Trinajstić information content (AvgIpc) is 2.29. The van der Waals surface area contributed by atoms with Crippen molar-refractivity contribution in [3.05, 3.63) is 53.2 Å². The zero-order chi connectivity index (χ0) is 10.7. The first-order valence-electron chi connectivity index (χ1n) is 4.43. The molecule has 0 atom stereocenters. The van der Waals surface area contributed by atoms with Gasteiger partial charge in [0.25, 0.3) is 0 Å². The molecule has 1 aromatic heterocycles. The standard InChI is InChI=1S/C12H7ClN2/c13-12-6-2-5-11(15-12)10-4-1-3-9(7-10)8-14/h1-7H. The summed E-state index contributed by atoms with van der Waals surface area (Å²) in [6, 6.07) is 14.8. The molecule has 0 N–H and O–H groups in total. The normalized spacial score (nSPS) is 9.60. The molecule has 2 nitrogen and oxygen atoms in total. The lowest BCUT2D eigenvalue weighted by atomic mass is 10.1. The van der Waals surface area contributed by atoms with Gasteiger partial charge < -0.3 is 0 Å². The lowest BCUT2D eigenvalue weighted by Gasteiger charge is -2.00. The van der Waals surface area contributed by atoms with Crippen LogP contribution in [-0.2, 0) is 0 Å². The highest BCUT2D eigenvalue weighted by Gasteiger charge is 2.00. The van der Waals surface area contributed by atoms with Crippen LogP contribution in [0.1, 0.15) is 5.56 Å². The number of hydrogen-bond acceptors (Lipinski definition) is 2. The molecular weight excluding hydrogens is 208 g/mol. The minimum absolute atomic E-state index is 0.454. The molecule has 0 spiro atoms. The van der Waals surface area contributed by atoms with Gasteiger partial charge in [-0.3, -0.25) is 0 Å². The van der Waals surface area contributed by atoms with Crippen molar-refractivity contribution >= 4 is 11.6 Å². The van der Waals surface area contributed by atoms with Crippen LogP contribution in [0.25, 0.3) is 11.3 Å². The largest absolute Gasteiger partial charge is 0.236 e. The maximum absolute atomic E-state index is 8.77. The number of rotatable bonds is 1. The van der Waals surface area contributed by atoms with Gasteiger partial charge in [-0.05, 0) is 24.3 Å². The Morgan fingerprint density at radius 3 is 2.67 bits per heavy atom. The van der Waals surface area contributed by atoms with E-state index in [9.17, 15) is 0 Å². The number of benzene rings is 1. The summed E-state index contributed by atoms with van der Waals surface area (Å²) in [6.07, 6.45) is 0. The van der Waals surface area contributed by atoms with Crippen molar-refractivity contribution in [2.75, 3.05) is 0 Å². The van der Waals surface area contributed by atoms with Gasteiger partial charge in [-0.15, -0.1) is 0 Å². The summed E-state index contributed by atoms with van der Waals surface area (Å²) in [5.41, 5.74) is 2.30. The summed E-state index contributed by atoms with van der Waals surface area (Å²) in [5, 5.41) is 9.22. The summed E-state index contributed by atoms with van der Waals surface area (Å²) < 4.78 is 0. The van der Waals surface area contributed by atoms with Gasteiger partial charge in [0.1, 0.15) is 5.15 Å². The third-order valence-corrected chi connectivity index (χ3v) is 2.21. The van der Waals surface area contributed by atoms with Crippen molar-refractivity contribution in [3.63, 3.8) is 0 Å². The first-order valence-corrected chi connectivity index (χ1v) is 4.80. The third kappa shape index (κ3) is 2.15. The number of nitrogens with zero attached hydrogens (tertiary/aromatic N) is 2. The van der Waals surface area contributed by atoms with Crippen LogP contribution in [0.4, 0.5) is 0 Å². The van der Waals surface area contributed by atoms with Crippen molar-refractivity contribution in [3.8, 4) is 17.3 Å². The average molecular weight is 215 g/mol. The Hall–Kier alpha value is -1.85. The summed E-state index contributed by atoms with van der Waals surface area (Å²) in [7, 11) is 0. The number of pyridine rings is 1. The van der Waals surface area contributed by atoms with Crippen molar-refractivity contribution in [1.29, 1.82) is 5.26 Å². The van der Waals surface area contributed by atoms with E-state index in [1.807, 2.05) is 24.3 Å². The molecule has 0 saturated carbocycles. The molecule has 2 aromatic rings. The molecule has 0 aliphatic heterocycles. The molecule has 0 aliphatic carbocycles. The molecule has 1 heterocycles. The molecule has 72 valence electrons. The highest BCUT2D eigenvalue weighted by molar-refractivity contribution is 6.29. The Bertz CT molecular complexity index is 529. The first-order chi connectivity index (χ1) is 7.29. The van der Waals surface area contributed by atoms with E-state index in [-0.39, 0.29) is 0 Å². The predicted octanol–water partition coefficient (Wildman–Crippen LogP) is 3.27. The lowest BCUT2D eigenvalue weighted by Crippen LogP contribution is -1.84. The van der Waals surface area contributed by atoms with E-state index in [2.05, 4.69) is 11.1 Å². The molecule has 0 saturated heterocycles. The highest BCUT2D eigenvalue weighted by Crippen LogP contribution is 2.19. The number of halogens is 1. The number of hydrogen-bond donors (Lipinski definition) is 0. The Morgan fingerprint density at radius 2 is 1.93 bits per heavy atom. The topological polar surface area (TPSA) is 36.7 Å². The predicted molar refractivity (Wildman–Crippen MR) is 59.4 cm³/mol. The van der Waals surface area contributed by atoms with Gasteiger partial charge in [-0.1, -0.05) is 29.8 Å². The monoisotopic (exact) mass is 214 g/mol. The van der Waals surface area contributed by atoms with Crippen LogP contribution in [0.3, 0.4) is 0 Å². The molecule has 0 unspecified atom stereocenters. The number of nitriles is 1. The zero-order valence-corrected chi connectivity index (χ0v) is 8.57. The minimum atomic E-state index is 0.454. The van der Waals surface area contributed by atoms with E-state index < -0.39 is 0 Å². The van der Waals surface area contributed by atoms with Gasteiger partial charge in [0.05, 0.1) is 17.3 Å². The second-order valence-corrected chi connectivity index (χ2v) is 3.43. The molecule has 15 heavy (non-hydrogen) atoms. The Balaban J connectivity index is 2.50. The van der Waals surface area contributed by atoms with Crippen LogP contribution in [0.2, 0.25) is 5.15 Å². The fraction of sp³-hybridized carbons (Fsp3) is 0. The quantitative estimate of drug-likeness (QED) is 0.683. The molecule has 1 aromatic carbocycles. The van der Waals surface area contributed by atoms with Gasteiger partial charge >= 0.3 is 0 Å². The van der Waals surface area contributed by atoms with Crippen molar-refractivity contribution < 1.29 is 0 Å². The van der Waals surface area contributed by atoms with Gasteiger partial charge in [-0.2, -0.15) is 5.26 Å². The summed E-state index contributed by atoms with van der Waals surface area (Å²) in [4.78, 5) is 4.17. The second-order valence-electron chi connectivity index (χ2n) is 3.04. The molecule has 0 radical (unpaired) electrons. The van der Waals surface area contributed by atoms with E-state index >= 15 is 0 Å². The Kier molecular flexibility index (Phi) is 2.66. The maximum atomic E-state index is 8.77. The fourth-order valence-electron chi connectivity index (χ4n) is 1.32. The summed E-state index contributed by atoms with van der Waals surface area (Å²) in [5.74, 6) is 0. The molecule has 0 amide bonds. The van der Waals surface area contributed by atoms with E-state index in [4.69, 9.17) is 16.9 Å². The highest BCUT2D eigenvalue weighted by atomic mass is 35.5. The van der Waals surface area contributed by atoms with Gasteiger partial charge in [-0.25, -0.2) is 4.98 Å². The van der Waals surface area contributed by atoms with Crippen molar-refractivity contribution in [2.24, 2.45) is 0 Å². The van der Waals surface area contributed by atoms with Crippen LogP contribution in [-0.4, -0.2) is 4.98 Å². The SMILES string of the molecule is N#Cc1cccc(-c2cccc(Cl)n2)c1. The van der Waals surface area contributed by atoms with Crippen LogP contribution >= 0.6 is 11.6 Å². The van der Waals surface area contributed by atoms with Gasteiger partial charge in [0, 0.05) is 5.56 Å². The number of aromatic nitrogens is 1. The second kappa shape index (κ2) is 4.12. The zero-order valence-electron chi connectivity index (χ0n) is 7.81. The van der Waals surface area contributed by atoms with E-state index in [0.717, 1.165) is 11.3 Å². The lowest BCUT2D eigenvalue weighted by molar-refractivity contribution is 1.32. The van der Waals surface area contributed by atoms with E-state index in [1.54, 1.807) is 18.2 Å². The smallest absolute Gasteiger partial charge is 0.129 e. The van der Waals surface area contributed by atoms with Crippen LogP contribution in [0.5, 0.6) is 0 Å². The summed E-state index contributed by atoms with van der Waals surface area (Å²) >= 11 is 5.79. The fourth-order valence-corrected chi connectivity index (χ4v) is 1.48. The van der Waals surface area contributed by atoms with Crippen LogP contribution < -0.4 is 0 Å². The molecule has 3 heteroatoms. The maximum Gasteiger partial charge on any atom is 0.129 e. The Labute approximate surface area is 92.8 Å². The molecule has 0 fully saturated rings. The molecule has 2 rings (SSSR count). The first kappa shape index (κ1) is 9.70. The minimum Gasteiger partial charge on any atom is -0.236 e. The third-order valence-electron chi connectivity index (χ3n) is 2.00. The van der Waals surface area contributed by atoms with Crippen LogP contribution in [0.15, 0.2) is 42.5 Å². The van der Waals surface area contributed by atoms with Crippen molar-refractivity contribution in [2.45, 2.75) is 0 Å². The van der Waals surface area contributed by atoms with Gasteiger partial charge in [0.2, 0.25) is 0 Å². The van der Waals surface area contributed by atoms with Crippen LogP contribution in [0, 0.1) is 11.3 Å². The van der Waals surface area contributed by atoms with E-state index in [1.165, 1.54) is 0 Å². The molecular formula is C12H7ClN2. The summed E-state index contributed by atoms with van der Waals surface area (Å²) in [6.45, 7) is 0.